The maximum atomic E-state index is 12.3. The zero-order valence-corrected chi connectivity index (χ0v) is 11.9. The molecule has 3 aliphatic rings. The first-order chi connectivity index (χ1) is 8.98. The van der Waals surface area contributed by atoms with Crippen molar-refractivity contribution >= 4 is 5.78 Å². The van der Waals surface area contributed by atoms with Crippen molar-refractivity contribution in [3.63, 3.8) is 0 Å². The van der Waals surface area contributed by atoms with Crippen molar-refractivity contribution in [3.8, 4) is 0 Å². The minimum absolute atomic E-state index is 0.0673. The second-order valence-corrected chi connectivity index (χ2v) is 6.81. The van der Waals surface area contributed by atoms with Crippen molar-refractivity contribution in [2.75, 3.05) is 19.8 Å². The normalized spacial score (nSPS) is 45.4. The number of ether oxygens (including phenoxy) is 2. The molecule has 4 nitrogen and oxygen atoms in total. The number of Topliss-reactive ketones (excluding diaryl/α,β-unsaturated/α-hetero) is 1. The van der Waals surface area contributed by atoms with E-state index in [9.17, 15) is 9.90 Å². The predicted molar refractivity (Wildman–Crippen MR) is 69.5 cm³/mol. The Labute approximate surface area is 114 Å². The van der Waals surface area contributed by atoms with Crippen LogP contribution in [0.5, 0.6) is 0 Å². The third kappa shape index (κ3) is 1.60. The number of carbonyl (C=O) groups is 1. The summed E-state index contributed by atoms with van der Waals surface area (Å²) < 4.78 is 12.0. The van der Waals surface area contributed by atoms with Crippen molar-refractivity contribution in [2.24, 2.45) is 16.7 Å². The van der Waals surface area contributed by atoms with Gasteiger partial charge in [-0.2, -0.15) is 0 Å². The van der Waals surface area contributed by atoms with Crippen LogP contribution >= 0.6 is 0 Å². The molecule has 3 rings (SSSR count). The largest absolute Gasteiger partial charge is 0.395 e. The van der Waals surface area contributed by atoms with E-state index in [0.29, 0.717) is 19.6 Å². The van der Waals surface area contributed by atoms with E-state index in [4.69, 9.17) is 9.47 Å². The van der Waals surface area contributed by atoms with Crippen LogP contribution in [0.15, 0.2) is 0 Å². The second kappa shape index (κ2) is 4.27. The number of ketones is 1. The van der Waals surface area contributed by atoms with Crippen LogP contribution < -0.4 is 0 Å². The van der Waals surface area contributed by atoms with Crippen molar-refractivity contribution < 1.29 is 19.4 Å². The minimum Gasteiger partial charge on any atom is -0.395 e. The van der Waals surface area contributed by atoms with E-state index >= 15 is 0 Å². The van der Waals surface area contributed by atoms with Gasteiger partial charge in [-0.15, -0.1) is 0 Å². The maximum Gasteiger partial charge on any atom is 0.174 e. The lowest BCUT2D eigenvalue weighted by molar-refractivity contribution is -0.288. The number of hydrogen-bond acceptors (Lipinski definition) is 4. The Morgan fingerprint density at radius 1 is 1.26 bits per heavy atom. The summed E-state index contributed by atoms with van der Waals surface area (Å²) in [5.74, 6) is -0.168. The van der Waals surface area contributed by atoms with Crippen LogP contribution in [-0.2, 0) is 14.3 Å². The van der Waals surface area contributed by atoms with Gasteiger partial charge in [0.15, 0.2) is 5.79 Å². The average molecular weight is 268 g/mol. The number of aliphatic hydroxyl groups is 1. The molecule has 0 bridgehead atoms. The predicted octanol–water partition coefficient (Wildman–Crippen LogP) is 1.90. The minimum atomic E-state index is -0.629. The molecule has 0 aromatic rings. The molecule has 0 aromatic heterocycles. The highest BCUT2D eigenvalue weighted by Crippen LogP contribution is 2.62. The summed E-state index contributed by atoms with van der Waals surface area (Å²) in [5.41, 5.74) is -0.789. The molecule has 3 atom stereocenters. The fraction of sp³-hybridized carbons (Fsp3) is 0.933. The van der Waals surface area contributed by atoms with Crippen LogP contribution in [0.4, 0.5) is 0 Å². The van der Waals surface area contributed by atoms with Gasteiger partial charge >= 0.3 is 0 Å². The van der Waals surface area contributed by atoms with Crippen molar-refractivity contribution in [3.05, 3.63) is 0 Å². The van der Waals surface area contributed by atoms with Gasteiger partial charge in [-0.05, 0) is 25.2 Å². The molecule has 1 heterocycles. The Kier molecular flexibility index (Phi) is 3.04. The summed E-state index contributed by atoms with van der Waals surface area (Å²) in [6.45, 7) is 5.34. The molecule has 1 spiro atoms. The Hall–Kier alpha value is -0.450. The fourth-order valence-electron chi connectivity index (χ4n) is 4.78. The van der Waals surface area contributed by atoms with E-state index in [-0.39, 0.29) is 23.7 Å². The fourth-order valence-corrected chi connectivity index (χ4v) is 4.78. The van der Waals surface area contributed by atoms with Crippen LogP contribution in [0.1, 0.15) is 46.0 Å². The Morgan fingerprint density at radius 2 is 1.95 bits per heavy atom. The molecule has 1 unspecified atom stereocenters. The van der Waals surface area contributed by atoms with Gasteiger partial charge in [0.1, 0.15) is 5.78 Å². The molecular weight excluding hydrogens is 244 g/mol. The van der Waals surface area contributed by atoms with Crippen LogP contribution in [0.2, 0.25) is 0 Å². The smallest absolute Gasteiger partial charge is 0.174 e. The monoisotopic (exact) mass is 268 g/mol. The van der Waals surface area contributed by atoms with Gasteiger partial charge in [0.05, 0.1) is 25.2 Å². The first kappa shape index (κ1) is 13.5. The van der Waals surface area contributed by atoms with Crippen LogP contribution in [0, 0.1) is 16.7 Å². The van der Waals surface area contributed by atoms with E-state index in [1.807, 2.05) is 6.92 Å². The quantitative estimate of drug-likeness (QED) is 0.789. The van der Waals surface area contributed by atoms with E-state index in [0.717, 1.165) is 25.7 Å². The van der Waals surface area contributed by atoms with Gasteiger partial charge in [-0.25, -0.2) is 0 Å². The third-order valence-electron chi connectivity index (χ3n) is 6.00. The number of rotatable bonds is 1. The summed E-state index contributed by atoms with van der Waals surface area (Å²) in [5, 5.41) is 9.80. The molecule has 3 fully saturated rings. The zero-order chi connectivity index (χ0) is 13.7. The maximum absolute atomic E-state index is 12.3. The Bertz CT molecular complexity index is 388. The number of fused-ring (bicyclic) bond motifs is 2. The number of carbonyl (C=O) groups excluding carboxylic acids is 1. The molecule has 19 heavy (non-hydrogen) atoms. The van der Waals surface area contributed by atoms with E-state index in [1.165, 1.54) is 0 Å². The van der Waals surface area contributed by atoms with Gasteiger partial charge in [0.2, 0.25) is 0 Å². The molecule has 2 aliphatic carbocycles. The molecular formula is C15H24O4. The average Bonchev–Trinajstić information content (AvgIpc) is 2.87. The second-order valence-electron chi connectivity index (χ2n) is 6.81. The molecule has 1 N–H and O–H groups in total. The number of hydrogen-bond donors (Lipinski definition) is 1. The van der Waals surface area contributed by atoms with Crippen molar-refractivity contribution in [1.29, 1.82) is 0 Å². The van der Waals surface area contributed by atoms with E-state index in [2.05, 4.69) is 6.92 Å². The Balaban J connectivity index is 2.03. The molecule has 0 radical (unpaired) electrons. The summed E-state index contributed by atoms with van der Waals surface area (Å²) in [6, 6.07) is 0. The first-order valence-electron chi connectivity index (χ1n) is 7.41. The summed E-state index contributed by atoms with van der Waals surface area (Å²) in [6.07, 6.45) is 4.23. The SMILES string of the molecule is CC1(CO)C(=O)CC[C@]2(C)[C@H]1CCCC21OCCO1. The summed E-state index contributed by atoms with van der Waals surface area (Å²) in [4.78, 5) is 12.3. The molecule has 4 heteroatoms. The van der Waals surface area contributed by atoms with Crippen molar-refractivity contribution in [2.45, 2.75) is 51.7 Å². The van der Waals surface area contributed by atoms with Gasteiger partial charge in [0.25, 0.3) is 0 Å². The topological polar surface area (TPSA) is 55.8 Å². The van der Waals surface area contributed by atoms with E-state index in [1.54, 1.807) is 0 Å². The van der Waals surface area contributed by atoms with Crippen LogP contribution in [-0.4, -0.2) is 36.5 Å². The molecule has 0 aromatic carbocycles. The third-order valence-corrected chi connectivity index (χ3v) is 6.00. The molecule has 0 amide bonds. The van der Waals surface area contributed by atoms with Crippen molar-refractivity contribution in [1.82, 2.24) is 0 Å². The number of aliphatic hydroxyl groups excluding tert-OH is 1. The Morgan fingerprint density at radius 3 is 2.58 bits per heavy atom. The lowest BCUT2D eigenvalue weighted by Gasteiger charge is -2.59. The highest BCUT2D eigenvalue weighted by Gasteiger charge is 2.65. The summed E-state index contributed by atoms with van der Waals surface area (Å²) >= 11 is 0. The van der Waals surface area contributed by atoms with Gasteiger partial charge in [0, 0.05) is 18.3 Å². The first-order valence-corrected chi connectivity index (χ1v) is 7.41. The van der Waals surface area contributed by atoms with Crippen LogP contribution in [0.25, 0.3) is 0 Å². The summed E-state index contributed by atoms with van der Waals surface area (Å²) in [7, 11) is 0. The highest BCUT2D eigenvalue weighted by atomic mass is 16.7. The zero-order valence-electron chi connectivity index (χ0n) is 11.9. The molecule has 1 saturated heterocycles. The van der Waals surface area contributed by atoms with Gasteiger partial charge in [-0.1, -0.05) is 13.8 Å². The van der Waals surface area contributed by atoms with Gasteiger partial charge < -0.3 is 14.6 Å². The molecule has 2 saturated carbocycles. The van der Waals surface area contributed by atoms with E-state index < -0.39 is 11.2 Å². The highest BCUT2D eigenvalue weighted by molar-refractivity contribution is 5.86. The lowest BCUT2D eigenvalue weighted by Crippen LogP contribution is -2.63. The molecule has 1 aliphatic heterocycles. The van der Waals surface area contributed by atoms with Crippen LogP contribution in [0.3, 0.4) is 0 Å². The van der Waals surface area contributed by atoms with Gasteiger partial charge in [-0.3, -0.25) is 4.79 Å². The lowest BCUT2D eigenvalue weighted by atomic mass is 9.49. The molecule has 108 valence electrons. The standard InChI is InChI=1S/C15H24O4/c1-13(10-16)11-4-3-6-15(18-8-9-19-15)14(11,2)7-5-12(13)17/h11,16H,3-10H2,1-2H3/t11-,13?,14+/m0/s1.